The first-order chi connectivity index (χ1) is 11.0. The second-order valence-electron chi connectivity index (χ2n) is 5.04. The maximum absolute atomic E-state index is 11.6. The lowest BCUT2D eigenvalue weighted by molar-refractivity contribution is -0.158. The summed E-state index contributed by atoms with van der Waals surface area (Å²) in [7, 11) is 2.44. The minimum Gasteiger partial charge on any atom is -0.468 e. The fraction of sp³-hybridized carbons (Fsp3) is 0.333. The summed E-state index contributed by atoms with van der Waals surface area (Å²) in [6.07, 6.45) is 3.28. The van der Waals surface area contributed by atoms with Crippen LogP contribution in [0.25, 0.3) is 0 Å². The van der Waals surface area contributed by atoms with Crippen molar-refractivity contribution in [3.63, 3.8) is 0 Å². The largest absolute Gasteiger partial charge is 0.468 e. The van der Waals surface area contributed by atoms with Gasteiger partial charge >= 0.3 is 11.9 Å². The molecule has 124 valence electrons. The highest BCUT2D eigenvalue weighted by Gasteiger charge is 2.28. The van der Waals surface area contributed by atoms with E-state index in [9.17, 15) is 14.7 Å². The minimum atomic E-state index is -1.01. The van der Waals surface area contributed by atoms with Crippen LogP contribution in [-0.2, 0) is 19.1 Å². The van der Waals surface area contributed by atoms with Crippen LogP contribution >= 0.6 is 0 Å². The van der Waals surface area contributed by atoms with Gasteiger partial charge in [-0.3, -0.25) is 9.59 Å². The van der Waals surface area contributed by atoms with Gasteiger partial charge in [0.05, 0.1) is 20.3 Å². The van der Waals surface area contributed by atoms with Crippen molar-refractivity contribution in [1.29, 1.82) is 0 Å². The Kier molecular flexibility index (Phi) is 7.77. The smallest absolute Gasteiger partial charge is 0.320 e. The summed E-state index contributed by atoms with van der Waals surface area (Å²) in [5.41, 5.74) is 1.46. The number of hydrogen-bond acceptors (Lipinski definition) is 5. The number of carbonyl (C=O) groups is 2. The molecular weight excluding hydrogens is 296 g/mol. The van der Waals surface area contributed by atoms with Crippen molar-refractivity contribution in [2.75, 3.05) is 14.2 Å². The topological polar surface area (TPSA) is 72.8 Å². The molecule has 0 spiro atoms. The molecule has 1 unspecified atom stereocenters. The number of benzene rings is 1. The molecule has 0 amide bonds. The lowest BCUT2D eigenvalue weighted by Crippen LogP contribution is -2.26. The second kappa shape index (κ2) is 9.58. The Morgan fingerprint density at radius 1 is 1.17 bits per heavy atom. The molecule has 1 aromatic carbocycles. The van der Waals surface area contributed by atoms with Crippen molar-refractivity contribution < 1.29 is 24.2 Å². The Hall–Kier alpha value is -2.40. The van der Waals surface area contributed by atoms with Crippen molar-refractivity contribution in [3.8, 4) is 0 Å². The number of methoxy groups -OCH3 is 2. The van der Waals surface area contributed by atoms with E-state index in [0.717, 1.165) is 5.56 Å². The first-order valence-corrected chi connectivity index (χ1v) is 7.21. The van der Waals surface area contributed by atoms with Crippen LogP contribution in [0.4, 0.5) is 0 Å². The number of carbonyl (C=O) groups excluding carboxylic acids is 2. The molecule has 1 aromatic rings. The van der Waals surface area contributed by atoms with E-state index in [1.807, 2.05) is 30.3 Å². The Bertz CT molecular complexity index is 546. The Balaban J connectivity index is 2.56. The first kappa shape index (κ1) is 18.6. The van der Waals surface area contributed by atoms with Gasteiger partial charge in [0.25, 0.3) is 0 Å². The van der Waals surface area contributed by atoms with Crippen LogP contribution in [0, 0.1) is 5.92 Å². The van der Waals surface area contributed by atoms with Crippen LogP contribution in [0.5, 0.6) is 0 Å². The highest BCUT2D eigenvalue weighted by Crippen LogP contribution is 2.19. The van der Waals surface area contributed by atoms with Crippen molar-refractivity contribution in [1.82, 2.24) is 0 Å². The quantitative estimate of drug-likeness (QED) is 0.453. The van der Waals surface area contributed by atoms with Gasteiger partial charge in [-0.1, -0.05) is 54.6 Å². The fourth-order valence-electron chi connectivity index (χ4n) is 2.04. The standard InChI is InChI=1S/C18H22O5/c1-13(12-15(17(20)22-2)18(21)23-3)8-7-11-16(19)14-9-5-4-6-10-14/h4-7,9-11,15-16,19H,1,8,12H2,2-3H3/b11-7+. The van der Waals surface area contributed by atoms with Crippen LogP contribution in [-0.4, -0.2) is 31.3 Å². The predicted molar refractivity (Wildman–Crippen MR) is 86.4 cm³/mol. The molecule has 0 fully saturated rings. The SMILES string of the molecule is C=C(C/C=C/C(O)c1ccccc1)CC(C(=O)OC)C(=O)OC. The molecule has 1 rings (SSSR count). The third-order valence-electron chi connectivity index (χ3n) is 3.33. The summed E-state index contributed by atoms with van der Waals surface area (Å²) in [6, 6.07) is 9.23. The molecule has 0 bridgehead atoms. The maximum Gasteiger partial charge on any atom is 0.320 e. The molecule has 23 heavy (non-hydrogen) atoms. The normalized spacial score (nSPS) is 12.2. The second-order valence-corrected chi connectivity index (χ2v) is 5.04. The van der Waals surface area contributed by atoms with E-state index in [1.54, 1.807) is 12.2 Å². The lowest BCUT2D eigenvalue weighted by Gasteiger charge is -2.13. The number of esters is 2. The number of aliphatic hydroxyl groups is 1. The number of aliphatic hydroxyl groups excluding tert-OH is 1. The monoisotopic (exact) mass is 318 g/mol. The van der Waals surface area contributed by atoms with Crippen LogP contribution in [0.1, 0.15) is 24.5 Å². The van der Waals surface area contributed by atoms with Crippen molar-refractivity contribution in [2.24, 2.45) is 5.92 Å². The molecular formula is C18H22O5. The van der Waals surface area contributed by atoms with Gasteiger partial charge in [-0.15, -0.1) is 0 Å². The molecule has 1 atom stereocenters. The number of hydrogen-bond donors (Lipinski definition) is 1. The molecule has 0 heterocycles. The summed E-state index contributed by atoms with van der Waals surface area (Å²) in [5, 5.41) is 10.0. The minimum absolute atomic E-state index is 0.144. The van der Waals surface area contributed by atoms with Crippen LogP contribution < -0.4 is 0 Å². The molecule has 0 radical (unpaired) electrons. The van der Waals surface area contributed by atoms with Crippen molar-refractivity contribution in [3.05, 3.63) is 60.2 Å². The number of rotatable bonds is 8. The summed E-state index contributed by atoms with van der Waals surface area (Å²) in [4.78, 5) is 23.2. The van der Waals surface area contributed by atoms with Gasteiger partial charge in [-0.05, 0) is 18.4 Å². The molecule has 0 aliphatic carbocycles. The summed E-state index contributed by atoms with van der Waals surface area (Å²) in [6.45, 7) is 3.85. The summed E-state index contributed by atoms with van der Waals surface area (Å²) >= 11 is 0. The third kappa shape index (κ3) is 6.08. The van der Waals surface area contributed by atoms with Gasteiger partial charge in [0.1, 0.15) is 0 Å². The molecule has 0 saturated carbocycles. The molecule has 5 heteroatoms. The van der Waals surface area contributed by atoms with Crippen molar-refractivity contribution in [2.45, 2.75) is 18.9 Å². The molecule has 5 nitrogen and oxygen atoms in total. The van der Waals surface area contributed by atoms with Gasteiger partial charge in [0.15, 0.2) is 5.92 Å². The highest BCUT2D eigenvalue weighted by molar-refractivity contribution is 5.95. The Labute approximate surface area is 136 Å². The summed E-state index contributed by atoms with van der Waals surface area (Å²) < 4.78 is 9.20. The van der Waals surface area contributed by atoms with E-state index in [-0.39, 0.29) is 6.42 Å². The average Bonchev–Trinajstić information content (AvgIpc) is 2.58. The zero-order valence-corrected chi connectivity index (χ0v) is 13.4. The average molecular weight is 318 g/mol. The van der Waals surface area contributed by atoms with E-state index in [4.69, 9.17) is 0 Å². The predicted octanol–water partition coefficient (Wildman–Crippen LogP) is 2.57. The van der Waals surface area contributed by atoms with E-state index in [2.05, 4.69) is 16.1 Å². The molecule has 1 N–H and O–H groups in total. The van der Waals surface area contributed by atoms with Crippen LogP contribution in [0.15, 0.2) is 54.6 Å². The number of ether oxygens (including phenoxy) is 2. The fourth-order valence-corrected chi connectivity index (χ4v) is 2.04. The van der Waals surface area contributed by atoms with E-state index >= 15 is 0 Å². The molecule has 0 aromatic heterocycles. The van der Waals surface area contributed by atoms with Crippen LogP contribution in [0.3, 0.4) is 0 Å². The van der Waals surface area contributed by atoms with Crippen molar-refractivity contribution >= 4 is 11.9 Å². The van der Waals surface area contributed by atoms with Gasteiger partial charge in [0, 0.05) is 0 Å². The van der Waals surface area contributed by atoms with Gasteiger partial charge < -0.3 is 14.6 Å². The van der Waals surface area contributed by atoms with E-state index in [1.165, 1.54) is 14.2 Å². The van der Waals surface area contributed by atoms with Gasteiger partial charge in [-0.2, -0.15) is 0 Å². The van der Waals surface area contributed by atoms with Crippen LogP contribution in [0.2, 0.25) is 0 Å². The summed E-state index contributed by atoms with van der Waals surface area (Å²) in [5.74, 6) is -2.30. The lowest BCUT2D eigenvalue weighted by atomic mass is 9.98. The van der Waals surface area contributed by atoms with Gasteiger partial charge in [-0.25, -0.2) is 0 Å². The zero-order valence-electron chi connectivity index (χ0n) is 13.4. The zero-order chi connectivity index (χ0) is 17.2. The molecule has 0 aliphatic rings. The van der Waals surface area contributed by atoms with E-state index < -0.39 is 24.0 Å². The maximum atomic E-state index is 11.6. The molecule has 0 aliphatic heterocycles. The molecule has 0 saturated heterocycles. The number of allylic oxidation sites excluding steroid dienone is 2. The van der Waals surface area contributed by atoms with E-state index in [0.29, 0.717) is 12.0 Å². The van der Waals surface area contributed by atoms with Gasteiger partial charge in [0.2, 0.25) is 0 Å². The third-order valence-corrected chi connectivity index (χ3v) is 3.33. The Morgan fingerprint density at radius 3 is 2.26 bits per heavy atom. The highest BCUT2D eigenvalue weighted by atomic mass is 16.5. The first-order valence-electron chi connectivity index (χ1n) is 7.21. The Morgan fingerprint density at radius 2 is 1.74 bits per heavy atom.